The number of nitrogens with one attached hydrogen (secondary N) is 1. The van der Waals surface area contributed by atoms with Crippen molar-refractivity contribution in [3.8, 4) is 5.75 Å². The molecular formula is C16H23F3N2O2. The Labute approximate surface area is 134 Å². The van der Waals surface area contributed by atoms with Gasteiger partial charge in [-0.3, -0.25) is 4.90 Å². The van der Waals surface area contributed by atoms with Crippen LogP contribution in [0.3, 0.4) is 0 Å². The fourth-order valence-corrected chi connectivity index (χ4v) is 2.79. The van der Waals surface area contributed by atoms with Crippen LogP contribution >= 0.6 is 0 Å². The predicted molar refractivity (Wildman–Crippen MR) is 81.5 cm³/mol. The summed E-state index contributed by atoms with van der Waals surface area (Å²) in [6.07, 6.45) is -5.49. The van der Waals surface area contributed by atoms with E-state index in [1.165, 1.54) is 6.07 Å². The first-order valence-corrected chi connectivity index (χ1v) is 7.81. The molecule has 4 nitrogen and oxygen atoms in total. The van der Waals surface area contributed by atoms with Gasteiger partial charge in [0.2, 0.25) is 0 Å². The molecule has 1 saturated heterocycles. The molecule has 1 aromatic carbocycles. The van der Waals surface area contributed by atoms with Gasteiger partial charge in [0.25, 0.3) is 0 Å². The third-order valence-corrected chi connectivity index (χ3v) is 4.14. The number of rotatable bonds is 5. The van der Waals surface area contributed by atoms with Crippen molar-refractivity contribution >= 4 is 0 Å². The van der Waals surface area contributed by atoms with Gasteiger partial charge in [-0.15, -0.1) is 0 Å². The number of aliphatic hydroxyl groups is 1. The minimum atomic E-state index is -4.45. The van der Waals surface area contributed by atoms with E-state index in [0.29, 0.717) is 12.4 Å². The topological polar surface area (TPSA) is 44.7 Å². The van der Waals surface area contributed by atoms with Crippen molar-refractivity contribution in [3.05, 3.63) is 29.3 Å². The summed E-state index contributed by atoms with van der Waals surface area (Å²) in [5.74, 6) is 0.301. The molecule has 0 radical (unpaired) electrons. The summed E-state index contributed by atoms with van der Waals surface area (Å²) >= 11 is 0. The quantitative estimate of drug-likeness (QED) is 0.869. The highest BCUT2D eigenvalue weighted by atomic mass is 19.4. The monoisotopic (exact) mass is 332 g/mol. The lowest BCUT2D eigenvalue weighted by Gasteiger charge is -2.36. The summed E-state index contributed by atoms with van der Waals surface area (Å²) in [6, 6.07) is 2.97. The van der Waals surface area contributed by atoms with E-state index >= 15 is 0 Å². The van der Waals surface area contributed by atoms with Crippen molar-refractivity contribution in [2.24, 2.45) is 0 Å². The van der Waals surface area contributed by atoms with E-state index < -0.39 is 17.8 Å². The van der Waals surface area contributed by atoms with Crippen LogP contribution < -0.4 is 10.1 Å². The molecule has 1 aliphatic heterocycles. The van der Waals surface area contributed by atoms with E-state index in [1.807, 2.05) is 6.92 Å². The second-order valence-corrected chi connectivity index (χ2v) is 5.65. The van der Waals surface area contributed by atoms with E-state index in [9.17, 15) is 18.3 Å². The summed E-state index contributed by atoms with van der Waals surface area (Å²) in [4.78, 5) is 2.07. The molecule has 1 aliphatic rings. The molecule has 0 spiro atoms. The standard InChI is InChI=1S/C16H23F3N2O2/c1-3-23-14-5-4-12(16(17,18)19)10-13(14)15(22)11(2)21-8-6-20-7-9-21/h4-5,10-11,15,20,22H,3,6-9H2,1-2H3. The largest absolute Gasteiger partial charge is 0.493 e. The Morgan fingerprint density at radius 3 is 2.52 bits per heavy atom. The minimum absolute atomic E-state index is 0.188. The molecule has 2 atom stereocenters. The summed E-state index contributed by atoms with van der Waals surface area (Å²) in [7, 11) is 0. The van der Waals surface area contributed by atoms with Gasteiger partial charge in [0.1, 0.15) is 5.75 Å². The first-order chi connectivity index (χ1) is 10.8. The van der Waals surface area contributed by atoms with E-state index in [1.54, 1.807) is 6.92 Å². The highest BCUT2D eigenvalue weighted by molar-refractivity contribution is 5.40. The van der Waals surface area contributed by atoms with Crippen LogP contribution in [0.25, 0.3) is 0 Å². The van der Waals surface area contributed by atoms with Crippen LogP contribution in [0.4, 0.5) is 13.2 Å². The number of hydrogen-bond donors (Lipinski definition) is 2. The lowest BCUT2D eigenvalue weighted by Crippen LogP contribution is -2.49. The smallest absolute Gasteiger partial charge is 0.416 e. The Morgan fingerprint density at radius 1 is 1.30 bits per heavy atom. The van der Waals surface area contributed by atoms with Crippen LogP contribution in [0.15, 0.2) is 18.2 Å². The van der Waals surface area contributed by atoms with Crippen LogP contribution in [-0.4, -0.2) is 48.8 Å². The number of nitrogens with zero attached hydrogens (tertiary/aromatic N) is 1. The Balaban J connectivity index is 2.29. The second kappa shape index (κ2) is 7.51. The van der Waals surface area contributed by atoms with Gasteiger partial charge >= 0.3 is 6.18 Å². The van der Waals surface area contributed by atoms with Gasteiger partial charge in [-0.2, -0.15) is 13.2 Å². The molecule has 1 heterocycles. The van der Waals surface area contributed by atoms with Crippen molar-refractivity contribution in [1.82, 2.24) is 10.2 Å². The number of hydrogen-bond acceptors (Lipinski definition) is 4. The molecule has 2 N–H and O–H groups in total. The maximum absolute atomic E-state index is 13.0. The van der Waals surface area contributed by atoms with Crippen LogP contribution in [-0.2, 0) is 6.18 Å². The number of piperazine rings is 1. The zero-order valence-electron chi connectivity index (χ0n) is 13.4. The summed E-state index contributed by atoms with van der Waals surface area (Å²) in [5, 5.41) is 13.8. The number of aliphatic hydroxyl groups excluding tert-OH is 1. The zero-order valence-corrected chi connectivity index (χ0v) is 13.4. The average molecular weight is 332 g/mol. The molecule has 0 aliphatic carbocycles. The molecule has 0 amide bonds. The maximum Gasteiger partial charge on any atom is 0.416 e. The van der Waals surface area contributed by atoms with Crippen LogP contribution in [0.1, 0.15) is 31.1 Å². The molecule has 130 valence electrons. The normalized spacial score (nSPS) is 19.4. The molecule has 7 heteroatoms. The molecule has 0 bridgehead atoms. The summed E-state index contributed by atoms with van der Waals surface area (Å²) < 4.78 is 44.3. The van der Waals surface area contributed by atoms with Crippen molar-refractivity contribution in [2.45, 2.75) is 32.2 Å². The van der Waals surface area contributed by atoms with Crippen molar-refractivity contribution in [3.63, 3.8) is 0 Å². The SMILES string of the molecule is CCOc1ccc(C(F)(F)F)cc1C(O)C(C)N1CCNCC1. The minimum Gasteiger partial charge on any atom is -0.493 e. The molecule has 0 aromatic heterocycles. The Hall–Kier alpha value is -1.31. The average Bonchev–Trinajstić information content (AvgIpc) is 2.54. The first-order valence-electron chi connectivity index (χ1n) is 7.81. The molecule has 1 aromatic rings. The van der Waals surface area contributed by atoms with Gasteiger partial charge in [0.15, 0.2) is 0 Å². The van der Waals surface area contributed by atoms with Gasteiger partial charge in [-0.25, -0.2) is 0 Å². The highest BCUT2D eigenvalue weighted by Crippen LogP contribution is 2.36. The highest BCUT2D eigenvalue weighted by Gasteiger charge is 2.33. The zero-order chi connectivity index (χ0) is 17.0. The fraction of sp³-hybridized carbons (Fsp3) is 0.625. The third kappa shape index (κ3) is 4.37. The molecule has 2 unspecified atom stereocenters. The molecule has 1 fully saturated rings. The van der Waals surface area contributed by atoms with Gasteiger partial charge < -0.3 is 15.2 Å². The van der Waals surface area contributed by atoms with Crippen LogP contribution in [0.5, 0.6) is 5.75 Å². The van der Waals surface area contributed by atoms with Gasteiger partial charge in [-0.1, -0.05) is 0 Å². The lowest BCUT2D eigenvalue weighted by atomic mass is 9.98. The van der Waals surface area contributed by atoms with E-state index in [4.69, 9.17) is 4.74 Å². The van der Waals surface area contributed by atoms with Crippen LogP contribution in [0.2, 0.25) is 0 Å². The van der Waals surface area contributed by atoms with Crippen molar-refractivity contribution in [1.29, 1.82) is 0 Å². The van der Waals surface area contributed by atoms with Crippen LogP contribution in [0, 0.1) is 0 Å². The van der Waals surface area contributed by atoms with Crippen molar-refractivity contribution in [2.75, 3.05) is 32.8 Å². The maximum atomic E-state index is 13.0. The Bertz CT molecular complexity index is 517. The Morgan fingerprint density at radius 2 is 1.96 bits per heavy atom. The fourth-order valence-electron chi connectivity index (χ4n) is 2.79. The number of benzene rings is 1. The number of halogens is 3. The van der Waals surface area contributed by atoms with E-state index in [2.05, 4.69) is 10.2 Å². The third-order valence-electron chi connectivity index (χ3n) is 4.14. The van der Waals surface area contributed by atoms with E-state index in [0.717, 1.165) is 38.3 Å². The predicted octanol–water partition coefficient (Wildman–Crippen LogP) is 2.43. The van der Waals surface area contributed by atoms with Gasteiger partial charge in [0.05, 0.1) is 18.3 Å². The molecule has 2 rings (SSSR count). The van der Waals surface area contributed by atoms with Gasteiger partial charge in [0, 0.05) is 37.8 Å². The first kappa shape index (κ1) is 18.0. The van der Waals surface area contributed by atoms with Gasteiger partial charge in [-0.05, 0) is 32.0 Å². The van der Waals surface area contributed by atoms with Crippen molar-refractivity contribution < 1.29 is 23.0 Å². The summed E-state index contributed by atoms with van der Waals surface area (Å²) in [5.41, 5.74) is -0.588. The second-order valence-electron chi connectivity index (χ2n) is 5.65. The number of ether oxygens (including phenoxy) is 1. The molecule has 0 saturated carbocycles. The number of alkyl halides is 3. The molecule has 23 heavy (non-hydrogen) atoms. The lowest BCUT2D eigenvalue weighted by molar-refractivity contribution is -0.137. The van der Waals surface area contributed by atoms with E-state index in [-0.39, 0.29) is 11.6 Å². The molecular weight excluding hydrogens is 309 g/mol. The Kier molecular flexibility index (Phi) is 5.89. The summed E-state index contributed by atoms with van der Waals surface area (Å²) in [6.45, 7) is 7.02.